The minimum absolute atomic E-state index is 0.330. The summed E-state index contributed by atoms with van der Waals surface area (Å²) in [6.07, 6.45) is 0. The summed E-state index contributed by atoms with van der Waals surface area (Å²) in [4.78, 5) is 0. The Kier molecular flexibility index (Phi) is 3.80. The molecule has 60 valence electrons. The molecule has 0 N–H and O–H groups in total. The van der Waals surface area contributed by atoms with Crippen molar-refractivity contribution in [3.05, 3.63) is 12.3 Å². The number of nitrogens with zero attached hydrogens (tertiary/aromatic N) is 1. The van der Waals surface area contributed by atoms with E-state index in [0.717, 1.165) is 5.70 Å². The summed E-state index contributed by atoms with van der Waals surface area (Å²) in [5.41, 5.74) is 0.983. The van der Waals surface area contributed by atoms with E-state index in [4.69, 9.17) is 11.8 Å². The van der Waals surface area contributed by atoms with E-state index in [1.54, 1.807) is 4.42 Å². The molecule has 0 saturated heterocycles. The standard InChI is InChI=1S/C8H16ClN/c1-6(2)8(5)10(9)7(3)4/h6-7H,5H2,1-4H3. The van der Waals surface area contributed by atoms with Crippen molar-refractivity contribution in [1.82, 2.24) is 4.42 Å². The Labute approximate surface area is 68.8 Å². The SMILES string of the molecule is C=C(C(C)C)N(Cl)C(C)C. The highest BCUT2D eigenvalue weighted by Crippen LogP contribution is 2.17. The van der Waals surface area contributed by atoms with Gasteiger partial charge in [-0.25, -0.2) is 0 Å². The number of hydrogen-bond donors (Lipinski definition) is 0. The molecule has 0 aliphatic carbocycles. The van der Waals surface area contributed by atoms with Gasteiger partial charge in [0.2, 0.25) is 0 Å². The fraction of sp³-hybridized carbons (Fsp3) is 0.750. The summed E-state index contributed by atoms with van der Waals surface area (Å²) in [6.45, 7) is 12.1. The smallest absolute Gasteiger partial charge is 0.0399 e. The van der Waals surface area contributed by atoms with Crippen molar-refractivity contribution in [3.63, 3.8) is 0 Å². The summed E-state index contributed by atoms with van der Waals surface area (Å²) < 4.78 is 1.69. The molecular weight excluding hydrogens is 146 g/mol. The Morgan fingerprint density at radius 2 is 1.70 bits per heavy atom. The van der Waals surface area contributed by atoms with E-state index >= 15 is 0 Å². The third-order valence-corrected chi connectivity index (χ3v) is 2.00. The quantitative estimate of drug-likeness (QED) is 0.576. The zero-order valence-corrected chi connectivity index (χ0v) is 7.94. The molecule has 0 unspecified atom stereocenters. The maximum atomic E-state index is 5.89. The lowest BCUT2D eigenvalue weighted by molar-refractivity contribution is 0.417. The molecule has 2 heteroatoms. The molecule has 0 heterocycles. The first-order valence-electron chi connectivity index (χ1n) is 3.60. The summed E-state index contributed by atoms with van der Waals surface area (Å²) in [7, 11) is 0. The molecule has 0 bridgehead atoms. The highest BCUT2D eigenvalue weighted by atomic mass is 35.5. The number of rotatable bonds is 3. The first-order valence-corrected chi connectivity index (χ1v) is 3.94. The van der Waals surface area contributed by atoms with E-state index in [1.165, 1.54) is 0 Å². The molecule has 0 saturated carbocycles. The Hall–Kier alpha value is -0.170. The highest BCUT2D eigenvalue weighted by Gasteiger charge is 2.10. The van der Waals surface area contributed by atoms with Gasteiger partial charge in [-0.3, -0.25) is 4.42 Å². The first-order chi connectivity index (χ1) is 4.46. The van der Waals surface area contributed by atoms with Gasteiger partial charge in [0.1, 0.15) is 0 Å². The van der Waals surface area contributed by atoms with E-state index < -0.39 is 0 Å². The molecule has 0 rings (SSSR count). The zero-order valence-electron chi connectivity index (χ0n) is 7.19. The van der Waals surface area contributed by atoms with E-state index in [9.17, 15) is 0 Å². The Morgan fingerprint density at radius 3 is 1.80 bits per heavy atom. The van der Waals surface area contributed by atoms with Crippen LogP contribution in [0.3, 0.4) is 0 Å². The topological polar surface area (TPSA) is 3.24 Å². The third kappa shape index (κ3) is 2.61. The minimum Gasteiger partial charge on any atom is -0.287 e. The second kappa shape index (κ2) is 3.87. The van der Waals surface area contributed by atoms with Gasteiger partial charge < -0.3 is 0 Å². The average molecular weight is 162 g/mol. The van der Waals surface area contributed by atoms with Gasteiger partial charge in [-0.15, -0.1) is 0 Å². The molecular formula is C8H16ClN. The van der Waals surface area contributed by atoms with Crippen LogP contribution in [0.15, 0.2) is 12.3 Å². The largest absolute Gasteiger partial charge is 0.287 e. The number of allylic oxidation sites excluding steroid dienone is 1. The van der Waals surface area contributed by atoms with Crippen LogP contribution in [0.25, 0.3) is 0 Å². The predicted molar refractivity (Wildman–Crippen MR) is 46.8 cm³/mol. The van der Waals surface area contributed by atoms with Crippen LogP contribution in [0.4, 0.5) is 0 Å². The van der Waals surface area contributed by atoms with Crippen LogP contribution in [0.5, 0.6) is 0 Å². The van der Waals surface area contributed by atoms with Gasteiger partial charge in [0.05, 0.1) is 0 Å². The van der Waals surface area contributed by atoms with Crippen LogP contribution in [-0.2, 0) is 0 Å². The van der Waals surface area contributed by atoms with Gasteiger partial charge in [-0.2, -0.15) is 0 Å². The molecule has 0 fully saturated rings. The van der Waals surface area contributed by atoms with E-state index in [0.29, 0.717) is 12.0 Å². The fourth-order valence-electron chi connectivity index (χ4n) is 0.578. The lowest BCUT2D eigenvalue weighted by Gasteiger charge is -2.24. The third-order valence-electron chi connectivity index (χ3n) is 1.39. The molecule has 10 heavy (non-hydrogen) atoms. The molecule has 0 aliphatic rings. The first kappa shape index (κ1) is 9.83. The van der Waals surface area contributed by atoms with Crippen molar-refractivity contribution < 1.29 is 0 Å². The lowest BCUT2D eigenvalue weighted by Crippen LogP contribution is -2.22. The zero-order chi connectivity index (χ0) is 8.31. The molecule has 0 aromatic carbocycles. The van der Waals surface area contributed by atoms with Crippen LogP contribution in [0.2, 0.25) is 0 Å². The van der Waals surface area contributed by atoms with E-state index in [2.05, 4.69) is 20.4 Å². The van der Waals surface area contributed by atoms with Crippen LogP contribution < -0.4 is 0 Å². The van der Waals surface area contributed by atoms with Crippen molar-refractivity contribution in [2.45, 2.75) is 33.7 Å². The summed E-state index contributed by atoms with van der Waals surface area (Å²) in [5, 5.41) is 0. The van der Waals surface area contributed by atoms with Gasteiger partial charge >= 0.3 is 0 Å². The lowest BCUT2D eigenvalue weighted by atomic mass is 10.1. The van der Waals surface area contributed by atoms with Gasteiger partial charge in [-0.05, 0) is 19.8 Å². The van der Waals surface area contributed by atoms with Crippen LogP contribution in [0, 0.1) is 5.92 Å². The second-order valence-electron chi connectivity index (χ2n) is 3.05. The maximum Gasteiger partial charge on any atom is 0.0399 e. The predicted octanol–water partition coefficient (Wildman–Crippen LogP) is 3.02. The molecule has 1 nitrogen and oxygen atoms in total. The van der Waals surface area contributed by atoms with Crippen molar-refractivity contribution in [3.8, 4) is 0 Å². The molecule has 0 amide bonds. The molecule has 0 aliphatic heterocycles. The molecule has 0 radical (unpaired) electrons. The van der Waals surface area contributed by atoms with Crippen LogP contribution in [0.1, 0.15) is 27.7 Å². The Bertz CT molecular complexity index is 118. The Morgan fingerprint density at radius 1 is 1.30 bits per heavy atom. The fourth-order valence-corrected chi connectivity index (χ4v) is 0.773. The summed E-state index contributed by atoms with van der Waals surface area (Å²) >= 11 is 5.89. The van der Waals surface area contributed by atoms with Crippen LogP contribution in [-0.4, -0.2) is 10.5 Å². The van der Waals surface area contributed by atoms with E-state index in [1.807, 2.05) is 13.8 Å². The Balaban J connectivity index is 3.95. The molecule has 0 aromatic rings. The second-order valence-corrected chi connectivity index (χ2v) is 3.42. The number of hydrogen-bond acceptors (Lipinski definition) is 1. The average Bonchev–Trinajstić information content (AvgIpc) is 1.84. The summed E-state index contributed by atoms with van der Waals surface area (Å²) in [5.74, 6) is 0.430. The van der Waals surface area contributed by atoms with Gasteiger partial charge in [0, 0.05) is 23.5 Å². The molecule has 0 spiro atoms. The van der Waals surface area contributed by atoms with Crippen molar-refractivity contribution >= 4 is 11.8 Å². The van der Waals surface area contributed by atoms with Gasteiger partial charge in [0.25, 0.3) is 0 Å². The monoisotopic (exact) mass is 161 g/mol. The van der Waals surface area contributed by atoms with E-state index in [-0.39, 0.29) is 0 Å². The van der Waals surface area contributed by atoms with Gasteiger partial charge in [-0.1, -0.05) is 20.4 Å². The normalized spacial score (nSPS) is 10.7. The summed E-state index contributed by atoms with van der Waals surface area (Å²) in [6, 6.07) is 0.330. The van der Waals surface area contributed by atoms with Crippen molar-refractivity contribution in [1.29, 1.82) is 0 Å². The van der Waals surface area contributed by atoms with Crippen molar-refractivity contribution in [2.24, 2.45) is 5.92 Å². The number of halogens is 1. The molecule has 0 atom stereocenters. The van der Waals surface area contributed by atoms with Gasteiger partial charge in [0.15, 0.2) is 0 Å². The maximum absolute atomic E-state index is 5.89. The van der Waals surface area contributed by atoms with Crippen LogP contribution >= 0.6 is 11.8 Å². The van der Waals surface area contributed by atoms with Crippen molar-refractivity contribution in [2.75, 3.05) is 0 Å². The highest BCUT2D eigenvalue weighted by molar-refractivity contribution is 6.14. The minimum atomic E-state index is 0.330. The molecule has 0 aromatic heterocycles.